The van der Waals surface area contributed by atoms with Gasteiger partial charge >= 0.3 is 11.9 Å². The van der Waals surface area contributed by atoms with Crippen molar-refractivity contribution in [3.8, 4) is 11.5 Å². The lowest BCUT2D eigenvalue weighted by atomic mass is 9.44. The third kappa shape index (κ3) is 4.86. The fraction of sp³-hybridized carbons (Fsp3) is 0.472. The van der Waals surface area contributed by atoms with Crippen molar-refractivity contribution >= 4 is 29.5 Å². The van der Waals surface area contributed by atoms with E-state index in [2.05, 4.69) is 0 Å². The molecule has 0 bridgehead atoms. The smallest absolute Gasteiger partial charge is 0.353 e. The lowest BCUT2D eigenvalue weighted by Crippen LogP contribution is -2.71. The molecule has 4 aliphatic carbocycles. The molecule has 2 aromatic rings. The van der Waals surface area contributed by atoms with Gasteiger partial charge < -0.3 is 19.3 Å². The maximum absolute atomic E-state index is 17.6. The summed E-state index contributed by atoms with van der Waals surface area (Å²) in [5, 5.41) is 11.7. The average molecular weight is 671 g/mol. The van der Waals surface area contributed by atoms with Gasteiger partial charge in [-0.3, -0.25) is 4.79 Å². The number of fused-ring (bicyclic) bond motifs is 5. The highest BCUT2D eigenvalue weighted by Crippen LogP contribution is 2.71. The van der Waals surface area contributed by atoms with Crippen LogP contribution in [0, 0.1) is 28.6 Å². The lowest BCUT2D eigenvalue weighted by Gasteiger charge is -2.63. The third-order valence-corrected chi connectivity index (χ3v) is 12.0. The maximum atomic E-state index is 17.6. The molecular formula is C36H37F3O7S. The number of alkyl halides is 3. The third-order valence-electron chi connectivity index (χ3n) is 11.3. The van der Waals surface area contributed by atoms with Crippen molar-refractivity contribution in [3.05, 3.63) is 77.9 Å². The molecule has 1 N–H and O–H groups in total. The van der Waals surface area contributed by atoms with Crippen molar-refractivity contribution in [2.75, 3.05) is 13.1 Å². The molecule has 3 fully saturated rings. The molecule has 2 aromatic carbocycles. The van der Waals surface area contributed by atoms with Crippen LogP contribution >= 0.6 is 11.8 Å². The van der Waals surface area contributed by atoms with E-state index in [9.17, 15) is 23.9 Å². The van der Waals surface area contributed by atoms with E-state index >= 15 is 8.78 Å². The summed E-state index contributed by atoms with van der Waals surface area (Å²) in [4.78, 5) is 40.7. The molecule has 3 saturated carbocycles. The van der Waals surface area contributed by atoms with E-state index in [0.717, 1.165) is 11.0 Å². The van der Waals surface area contributed by atoms with Gasteiger partial charge in [-0.15, -0.1) is 11.8 Å². The first kappa shape index (κ1) is 33.3. The summed E-state index contributed by atoms with van der Waals surface area (Å²) in [5.41, 5.74) is -7.59. The van der Waals surface area contributed by atoms with Gasteiger partial charge in [-0.25, -0.2) is 22.8 Å². The number of allylic oxidation sites excluding steroid dienone is 4. The van der Waals surface area contributed by atoms with Gasteiger partial charge in [-0.05, 0) is 105 Å². The lowest BCUT2D eigenvalue weighted by molar-refractivity contribution is -0.232. The summed E-state index contributed by atoms with van der Waals surface area (Å²) in [6.07, 6.45) is 1.52. The zero-order valence-electron chi connectivity index (χ0n) is 26.5. The molecule has 9 atom stereocenters. The van der Waals surface area contributed by atoms with Gasteiger partial charge in [0.25, 0.3) is 0 Å². The number of hydrogen-bond acceptors (Lipinski definition) is 8. The first-order valence-electron chi connectivity index (χ1n) is 15.6. The number of halogens is 3. The number of ketones is 1. The summed E-state index contributed by atoms with van der Waals surface area (Å²) in [7, 11) is 0. The zero-order valence-corrected chi connectivity index (χ0v) is 27.3. The van der Waals surface area contributed by atoms with Gasteiger partial charge in [0.05, 0.1) is 11.7 Å². The Morgan fingerprint density at radius 3 is 2.28 bits per heavy atom. The molecular weight excluding hydrogens is 633 g/mol. The van der Waals surface area contributed by atoms with Gasteiger partial charge in [0, 0.05) is 27.6 Å². The number of aliphatic hydroxyl groups excluding tert-OH is 1. The van der Waals surface area contributed by atoms with Gasteiger partial charge in [0.2, 0.25) is 12.5 Å². The Morgan fingerprint density at radius 1 is 1.02 bits per heavy atom. The Morgan fingerprint density at radius 2 is 1.66 bits per heavy atom. The molecule has 0 spiro atoms. The maximum Gasteiger partial charge on any atom is 0.353 e. The predicted molar refractivity (Wildman–Crippen MR) is 168 cm³/mol. The van der Waals surface area contributed by atoms with Crippen LogP contribution in [0.15, 0.2) is 77.2 Å². The molecule has 250 valence electrons. The molecule has 0 amide bonds. The molecule has 6 rings (SSSR count). The quantitative estimate of drug-likeness (QED) is 0.246. The Bertz CT molecular complexity index is 1640. The van der Waals surface area contributed by atoms with Gasteiger partial charge in [-0.1, -0.05) is 19.9 Å². The zero-order chi connectivity index (χ0) is 33.9. The Labute approximate surface area is 275 Å². The van der Waals surface area contributed by atoms with Crippen LogP contribution in [0.1, 0.15) is 50.4 Å². The van der Waals surface area contributed by atoms with E-state index in [1.54, 1.807) is 37.7 Å². The first-order chi connectivity index (χ1) is 22.2. The van der Waals surface area contributed by atoms with Crippen LogP contribution < -0.4 is 4.74 Å². The molecule has 0 aromatic heterocycles. The minimum atomic E-state index is -2.40. The number of thioether (sulfide) groups is 1. The summed E-state index contributed by atoms with van der Waals surface area (Å²) in [6.45, 7) is 3.20. The van der Waals surface area contributed by atoms with E-state index in [-0.39, 0.29) is 30.4 Å². The summed E-state index contributed by atoms with van der Waals surface area (Å²) in [6, 6.07) is 13.5. The second-order valence-electron chi connectivity index (χ2n) is 13.5. The highest BCUT2D eigenvalue weighted by atomic mass is 32.2. The number of carbonyl (C=O) groups excluding carboxylic acids is 3. The molecule has 0 saturated heterocycles. The fourth-order valence-electron chi connectivity index (χ4n) is 9.02. The standard InChI is InChI=1S/C36H37F3O7S/c1-20-15-26-27-17-29(38)28-16-22(40)13-14-33(28,2)35(27,39)30(41)18-34(26,3)36(20,32(43)44-19-37)46-31(42)21-5-7-23(8-6-21)45-24-9-11-25(47-4)12-10-24/h5-14,16,20,26-27,29-30,41H,15,17-19H2,1-4H3/t20-,26+,27+,29+,30+,33+,34+,35?,36-/m1/s1. The van der Waals surface area contributed by atoms with E-state index in [1.165, 1.54) is 31.2 Å². The van der Waals surface area contributed by atoms with E-state index in [1.807, 2.05) is 30.5 Å². The largest absolute Gasteiger partial charge is 0.457 e. The molecule has 4 aliphatic rings. The van der Waals surface area contributed by atoms with Crippen molar-refractivity contribution in [1.82, 2.24) is 0 Å². The van der Waals surface area contributed by atoms with Crippen LogP contribution in [0.2, 0.25) is 0 Å². The molecule has 47 heavy (non-hydrogen) atoms. The molecule has 0 heterocycles. The van der Waals surface area contributed by atoms with Crippen LogP contribution in [0.25, 0.3) is 0 Å². The molecule has 0 aliphatic heterocycles. The molecule has 0 radical (unpaired) electrons. The van der Waals surface area contributed by atoms with Crippen molar-refractivity contribution in [1.29, 1.82) is 0 Å². The second kappa shape index (κ2) is 11.8. The normalized spacial score (nSPS) is 37.2. The fourth-order valence-corrected chi connectivity index (χ4v) is 9.43. The highest BCUT2D eigenvalue weighted by molar-refractivity contribution is 7.98. The second-order valence-corrected chi connectivity index (χ2v) is 14.3. The molecule has 11 heteroatoms. The highest BCUT2D eigenvalue weighted by Gasteiger charge is 2.78. The number of rotatable bonds is 7. The van der Waals surface area contributed by atoms with Crippen LogP contribution in [0.5, 0.6) is 11.5 Å². The van der Waals surface area contributed by atoms with E-state index < -0.39 is 76.7 Å². The molecule has 7 nitrogen and oxygen atoms in total. The number of hydrogen-bond donors (Lipinski definition) is 1. The van der Waals surface area contributed by atoms with Crippen LogP contribution in [-0.2, 0) is 19.1 Å². The Kier molecular flexibility index (Phi) is 8.40. The van der Waals surface area contributed by atoms with Crippen LogP contribution in [-0.4, -0.2) is 59.5 Å². The monoisotopic (exact) mass is 670 g/mol. The summed E-state index contributed by atoms with van der Waals surface area (Å²) < 4.78 is 63.9. The topological polar surface area (TPSA) is 99.1 Å². The van der Waals surface area contributed by atoms with Crippen LogP contribution in [0.3, 0.4) is 0 Å². The number of benzene rings is 2. The summed E-state index contributed by atoms with van der Waals surface area (Å²) >= 11 is 1.60. The predicted octanol–water partition coefficient (Wildman–Crippen LogP) is 7.13. The number of carbonyl (C=O) groups is 3. The van der Waals surface area contributed by atoms with Gasteiger partial charge in [0.15, 0.2) is 11.5 Å². The first-order valence-corrected chi connectivity index (χ1v) is 16.8. The van der Waals surface area contributed by atoms with E-state index in [0.29, 0.717) is 11.5 Å². The van der Waals surface area contributed by atoms with E-state index in [4.69, 9.17) is 14.2 Å². The number of esters is 2. The van der Waals surface area contributed by atoms with Crippen molar-refractivity contribution in [3.63, 3.8) is 0 Å². The van der Waals surface area contributed by atoms with Crippen LogP contribution in [0.4, 0.5) is 13.2 Å². The van der Waals surface area contributed by atoms with Crippen molar-refractivity contribution in [2.24, 2.45) is 28.6 Å². The Hall–Kier alpha value is -3.57. The minimum Gasteiger partial charge on any atom is -0.457 e. The summed E-state index contributed by atoms with van der Waals surface area (Å²) in [5.74, 6) is -4.20. The number of aliphatic hydroxyl groups is 1. The Balaban J connectivity index is 1.33. The minimum absolute atomic E-state index is 0.0311. The van der Waals surface area contributed by atoms with Gasteiger partial charge in [0.1, 0.15) is 17.7 Å². The average Bonchev–Trinajstić information content (AvgIpc) is 3.26. The van der Waals surface area contributed by atoms with Gasteiger partial charge in [-0.2, -0.15) is 0 Å². The van der Waals surface area contributed by atoms with Crippen molar-refractivity contribution in [2.45, 2.75) is 68.5 Å². The van der Waals surface area contributed by atoms with Crippen molar-refractivity contribution < 1.29 is 46.9 Å². The number of ether oxygens (including phenoxy) is 3. The SMILES string of the molecule is CSc1ccc(Oc2ccc(C(=O)O[C@@]3(C(=O)OCF)[C@H](C)C[C@H]4[C@@H]5C[C@H](F)C6=CC(=O)C=C[C@]6(C)C5(F)[C@@H](O)C[C@@]43C)cc2)cc1. The molecule has 1 unspecified atom stereocenters.